The highest BCUT2D eigenvalue weighted by Crippen LogP contribution is 2.30. The first-order chi connectivity index (χ1) is 7.86. The minimum Gasteiger partial charge on any atom is -0.445 e. The van der Waals surface area contributed by atoms with Crippen LogP contribution in [0.5, 0.6) is 0 Å². The molecule has 2 aromatic heterocycles. The van der Waals surface area contributed by atoms with E-state index in [9.17, 15) is 0 Å². The van der Waals surface area contributed by atoms with Crippen LogP contribution in [0.2, 0.25) is 0 Å². The third-order valence-corrected chi connectivity index (χ3v) is 2.64. The normalized spacial score (nSPS) is 10.8. The molecule has 0 bridgehead atoms. The fourth-order valence-electron chi connectivity index (χ4n) is 1.85. The molecule has 78 valence electrons. The molecule has 0 saturated heterocycles. The van der Waals surface area contributed by atoms with Crippen molar-refractivity contribution in [2.45, 2.75) is 6.92 Å². The number of benzene rings is 1. The summed E-state index contributed by atoms with van der Waals surface area (Å²) in [6.45, 7) is 1.96. The number of aromatic nitrogens is 2. The number of hydrogen-bond acceptors (Lipinski definition) is 3. The molecule has 3 heteroatoms. The van der Waals surface area contributed by atoms with Crippen LogP contribution in [-0.2, 0) is 0 Å². The van der Waals surface area contributed by atoms with Gasteiger partial charge < -0.3 is 4.42 Å². The van der Waals surface area contributed by atoms with Crippen molar-refractivity contribution in [3.8, 4) is 11.1 Å². The van der Waals surface area contributed by atoms with Gasteiger partial charge in [0, 0.05) is 5.56 Å². The van der Waals surface area contributed by atoms with Gasteiger partial charge in [0.1, 0.15) is 12.6 Å². The monoisotopic (exact) mass is 210 g/mol. The Morgan fingerprint density at radius 1 is 1.06 bits per heavy atom. The van der Waals surface area contributed by atoms with Gasteiger partial charge in [-0.2, -0.15) is 0 Å². The van der Waals surface area contributed by atoms with Gasteiger partial charge in [0.2, 0.25) is 5.71 Å². The van der Waals surface area contributed by atoms with Crippen LogP contribution in [0.15, 0.2) is 47.3 Å². The first-order valence-electron chi connectivity index (χ1n) is 5.10. The summed E-state index contributed by atoms with van der Waals surface area (Å²) in [6, 6.07) is 10.1. The van der Waals surface area contributed by atoms with Gasteiger partial charge in [-0.05, 0) is 12.5 Å². The van der Waals surface area contributed by atoms with Crippen LogP contribution in [0.3, 0.4) is 0 Å². The molecule has 0 fully saturated rings. The van der Waals surface area contributed by atoms with Gasteiger partial charge in [0.15, 0.2) is 0 Å². The Morgan fingerprint density at radius 2 is 1.88 bits per heavy atom. The molecule has 1 aromatic carbocycles. The highest BCUT2D eigenvalue weighted by atomic mass is 16.3. The fourth-order valence-corrected chi connectivity index (χ4v) is 1.85. The Hall–Kier alpha value is -2.16. The molecule has 0 aliphatic carbocycles. The van der Waals surface area contributed by atoms with Crippen LogP contribution in [0, 0.1) is 6.92 Å². The maximum Gasteiger partial charge on any atom is 0.229 e. The molecule has 0 aliphatic rings. The standard InChI is InChI=1S/C13H10N2O/c1-9-12-11(10-5-3-2-4-6-10)7-16-13(12)15-8-14-9/h2-8H,1H3. The van der Waals surface area contributed by atoms with Crippen LogP contribution in [0.25, 0.3) is 22.2 Å². The molecule has 0 atom stereocenters. The lowest BCUT2D eigenvalue weighted by atomic mass is 10.1. The molecule has 3 aromatic rings. The van der Waals surface area contributed by atoms with E-state index >= 15 is 0 Å². The van der Waals surface area contributed by atoms with Crippen molar-refractivity contribution in [2.75, 3.05) is 0 Å². The summed E-state index contributed by atoms with van der Waals surface area (Å²) in [4.78, 5) is 8.31. The lowest BCUT2D eigenvalue weighted by Gasteiger charge is -1.98. The molecule has 3 rings (SSSR count). The van der Waals surface area contributed by atoms with E-state index in [4.69, 9.17) is 4.42 Å². The van der Waals surface area contributed by atoms with E-state index in [0.29, 0.717) is 5.71 Å². The van der Waals surface area contributed by atoms with E-state index in [0.717, 1.165) is 22.2 Å². The van der Waals surface area contributed by atoms with Crippen molar-refractivity contribution in [1.82, 2.24) is 9.97 Å². The smallest absolute Gasteiger partial charge is 0.229 e. The summed E-state index contributed by atoms with van der Waals surface area (Å²) >= 11 is 0. The molecule has 0 spiro atoms. The summed E-state index contributed by atoms with van der Waals surface area (Å²) < 4.78 is 5.43. The molecule has 0 N–H and O–H groups in total. The van der Waals surface area contributed by atoms with E-state index in [1.807, 2.05) is 25.1 Å². The Morgan fingerprint density at radius 3 is 2.69 bits per heavy atom. The number of furan rings is 1. The van der Waals surface area contributed by atoms with Gasteiger partial charge in [-0.15, -0.1) is 0 Å². The van der Waals surface area contributed by atoms with Crippen molar-refractivity contribution in [1.29, 1.82) is 0 Å². The SMILES string of the molecule is Cc1ncnc2occ(-c3ccccc3)c12. The number of aryl methyl sites for hydroxylation is 1. The second-order valence-corrected chi connectivity index (χ2v) is 3.65. The van der Waals surface area contributed by atoms with Crippen LogP contribution in [0.4, 0.5) is 0 Å². The first kappa shape index (κ1) is 9.09. The van der Waals surface area contributed by atoms with E-state index in [1.54, 1.807) is 6.26 Å². The Bertz CT molecular complexity index is 629. The van der Waals surface area contributed by atoms with Gasteiger partial charge in [-0.3, -0.25) is 0 Å². The maximum absolute atomic E-state index is 5.43. The van der Waals surface area contributed by atoms with Crippen molar-refractivity contribution in [3.63, 3.8) is 0 Å². The summed E-state index contributed by atoms with van der Waals surface area (Å²) in [7, 11) is 0. The lowest BCUT2D eigenvalue weighted by molar-refractivity contribution is 0.603. The van der Waals surface area contributed by atoms with E-state index in [-0.39, 0.29) is 0 Å². The minimum atomic E-state index is 0.645. The molecule has 0 saturated carbocycles. The third kappa shape index (κ3) is 1.29. The van der Waals surface area contributed by atoms with E-state index < -0.39 is 0 Å². The quantitative estimate of drug-likeness (QED) is 0.619. The molecule has 0 amide bonds. The van der Waals surface area contributed by atoms with Crippen molar-refractivity contribution in [2.24, 2.45) is 0 Å². The molecular weight excluding hydrogens is 200 g/mol. The van der Waals surface area contributed by atoms with Crippen molar-refractivity contribution >= 4 is 11.1 Å². The van der Waals surface area contributed by atoms with Crippen LogP contribution < -0.4 is 0 Å². The zero-order chi connectivity index (χ0) is 11.0. The number of hydrogen-bond donors (Lipinski definition) is 0. The number of fused-ring (bicyclic) bond motifs is 1. The lowest BCUT2D eigenvalue weighted by Crippen LogP contribution is -1.85. The largest absolute Gasteiger partial charge is 0.445 e. The van der Waals surface area contributed by atoms with Gasteiger partial charge in [-0.1, -0.05) is 30.3 Å². The molecule has 0 unspecified atom stereocenters. The Balaban J connectivity index is 2.33. The number of nitrogens with zero attached hydrogens (tertiary/aromatic N) is 2. The minimum absolute atomic E-state index is 0.645. The van der Waals surface area contributed by atoms with Gasteiger partial charge in [0.05, 0.1) is 11.1 Å². The van der Waals surface area contributed by atoms with Gasteiger partial charge in [-0.25, -0.2) is 9.97 Å². The predicted molar refractivity (Wildman–Crippen MR) is 62.0 cm³/mol. The number of rotatable bonds is 1. The van der Waals surface area contributed by atoms with Gasteiger partial charge >= 0.3 is 0 Å². The Labute approximate surface area is 92.8 Å². The third-order valence-electron chi connectivity index (χ3n) is 2.64. The summed E-state index contributed by atoms with van der Waals surface area (Å²) in [5.74, 6) is 0. The van der Waals surface area contributed by atoms with Crippen LogP contribution >= 0.6 is 0 Å². The molecule has 0 radical (unpaired) electrons. The van der Waals surface area contributed by atoms with E-state index in [2.05, 4.69) is 22.1 Å². The summed E-state index contributed by atoms with van der Waals surface area (Å²) in [5, 5.41) is 0.994. The van der Waals surface area contributed by atoms with Gasteiger partial charge in [0.25, 0.3) is 0 Å². The second-order valence-electron chi connectivity index (χ2n) is 3.65. The second kappa shape index (κ2) is 3.45. The molecule has 0 aliphatic heterocycles. The average Bonchev–Trinajstić information content (AvgIpc) is 2.75. The molecule has 16 heavy (non-hydrogen) atoms. The topological polar surface area (TPSA) is 38.9 Å². The highest BCUT2D eigenvalue weighted by molar-refractivity contribution is 5.93. The molecule has 3 nitrogen and oxygen atoms in total. The fraction of sp³-hybridized carbons (Fsp3) is 0.0769. The maximum atomic E-state index is 5.43. The van der Waals surface area contributed by atoms with Crippen LogP contribution in [0.1, 0.15) is 5.69 Å². The van der Waals surface area contributed by atoms with E-state index in [1.165, 1.54) is 6.33 Å². The zero-order valence-corrected chi connectivity index (χ0v) is 8.84. The highest BCUT2D eigenvalue weighted by Gasteiger charge is 2.11. The molecular formula is C13H10N2O. The summed E-state index contributed by atoms with van der Waals surface area (Å²) in [6.07, 6.45) is 3.26. The average molecular weight is 210 g/mol. The Kier molecular flexibility index (Phi) is 1.96. The summed E-state index contributed by atoms with van der Waals surface area (Å²) in [5.41, 5.74) is 3.76. The molecule has 2 heterocycles. The first-order valence-corrected chi connectivity index (χ1v) is 5.10. The zero-order valence-electron chi connectivity index (χ0n) is 8.84. The van der Waals surface area contributed by atoms with Crippen molar-refractivity contribution in [3.05, 3.63) is 48.6 Å². The van der Waals surface area contributed by atoms with Crippen LogP contribution in [-0.4, -0.2) is 9.97 Å². The van der Waals surface area contributed by atoms with Crippen molar-refractivity contribution < 1.29 is 4.42 Å². The predicted octanol–water partition coefficient (Wildman–Crippen LogP) is 3.20.